The van der Waals surface area contributed by atoms with Crippen LogP contribution in [0.5, 0.6) is 11.5 Å². The highest BCUT2D eigenvalue weighted by atomic mass is 32.2. The topological polar surface area (TPSA) is 69.5 Å². The second kappa shape index (κ2) is 12.5. The fourth-order valence-corrected chi connectivity index (χ4v) is 6.25. The summed E-state index contributed by atoms with van der Waals surface area (Å²) in [6.07, 6.45) is 12.2. The number of nitrogens with zero attached hydrogens (tertiary/aromatic N) is 4. The van der Waals surface area contributed by atoms with Crippen molar-refractivity contribution in [1.82, 2.24) is 19.7 Å². The average molecular weight is 487 g/mol. The lowest BCUT2D eigenvalue weighted by Crippen LogP contribution is -2.49. The summed E-state index contributed by atoms with van der Waals surface area (Å²) in [5.74, 6) is 2.80. The first-order valence-electron chi connectivity index (χ1n) is 12.8. The Morgan fingerprint density at radius 2 is 1.62 bits per heavy atom. The van der Waals surface area contributed by atoms with E-state index in [2.05, 4.69) is 22.0 Å². The summed E-state index contributed by atoms with van der Waals surface area (Å²) in [6.45, 7) is 3.09. The molecule has 0 atom stereocenters. The number of carbonyl (C=O) groups excluding carboxylic acids is 1. The van der Waals surface area contributed by atoms with Gasteiger partial charge in [0.25, 0.3) is 0 Å². The average Bonchev–Trinajstić information content (AvgIpc) is 3.29. The first kappa shape index (κ1) is 24.9. The Bertz CT molecular complexity index is 905. The number of hydrogen-bond donors (Lipinski definition) is 0. The van der Waals surface area contributed by atoms with Gasteiger partial charge in [-0.15, -0.1) is 10.2 Å². The van der Waals surface area contributed by atoms with Crippen molar-refractivity contribution >= 4 is 17.7 Å². The van der Waals surface area contributed by atoms with E-state index in [1.165, 1.54) is 50.3 Å². The molecule has 186 valence electrons. The second-order valence-corrected chi connectivity index (χ2v) is 10.2. The summed E-state index contributed by atoms with van der Waals surface area (Å²) in [4.78, 5) is 15.8. The molecular weight excluding hydrogens is 448 g/mol. The maximum absolute atomic E-state index is 13.5. The van der Waals surface area contributed by atoms with E-state index in [1.807, 2.05) is 28.8 Å². The third-order valence-corrected chi connectivity index (χ3v) is 8.04. The molecule has 0 spiro atoms. The Morgan fingerprint density at radius 3 is 2.21 bits per heavy atom. The summed E-state index contributed by atoms with van der Waals surface area (Å²) in [7, 11) is 1.63. The molecule has 1 amide bonds. The lowest BCUT2D eigenvalue weighted by Gasteiger charge is -2.41. The molecule has 0 unspecified atom stereocenters. The van der Waals surface area contributed by atoms with Gasteiger partial charge in [0.15, 0.2) is 22.5 Å². The minimum absolute atomic E-state index is 0.265. The number of ether oxygens (including phenoxy) is 2. The summed E-state index contributed by atoms with van der Waals surface area (Å²) >= 11 is 1.50. The zero-order valence-electron chi connectivity index (χ0n) is 20.6. The van der Waals surface area contributed by atoms with Crippen LogP contribution in [0.15, 0.2) is 29.4 Å². The number of thioether (sulfide) groups is 1. The predicted octanol–water partition coefficient (Wildman–Crippen LogP) is 5.47. The van der Waals surface area contributed by atoms with Gasteiger partial charge in [0.2, 0.25) is 5.91 Å². The first-order chi connectivity index (χ1) is 16.7. The van der Waals surface area contributed by atoms with E-state index in [1.54, 1.807) is 7.11 Å². The van der Waals surface area contributed by atoms with Crippen molar-refractivity contribution in [3.63, 3.8) is 0 Å². The number of aromatic nitrogens is 3. The molecule has 2 aromatic rings. The quantitative estimate of drug-likeness (QED) is 0.415. The van der Waals surface area contributed by atoms with Gasteiger partial charge in [-0.25, -0.2) is 0 Å². The van der Waals surface area contributed by atoms with Crippen molar-refractivity contribution in [3.8, 4) is 11.5 Å². The Hall–Kier alpha value is -2.22. The molecular formula is C26H38N4O3S. The maximum atomic E-state index is 13.5. The highest BCUT2D eigenvalue weighted by molar-refractivity contribution is 7.99. The highest BCUT2D eigenvalue weighted by Gasteiger charge is 2.32. The normalized spacial score (nSPS) is 17.5. The highest BCUT2D eigenvalue weighted by Crippen LogP contribution is 2.32. The van der Waals surface area contributed by atoms with Crippen LogP contribution in [0.3, 0.4) is 0 Å². The minimum atomic E-state index is 0.265. The number of carbonyl (C=O) groups is 1. The number of rotatable bonds is 10. The van der Waals surface area contributed by atoms with Crippen LogP contribution < -0.4 is 9.47 Å². The van der Waals surface area contributed by atoms with E-state index < -0.39 is 0 Å². The Kier molecular flexibility index (Phi) is 9.13. The SMILES string of the molecule is CCn1c(COc2ccccc2OC)nnc1SCC(=O)N(C1CCCCC1)C1CCCCC1. The third-order valence-electron chi connectivity index (χ3n) is 7.08. The van der Waals surface area contributed by atoms with E-state index in [4.69, 9.17) is 9.47 Å². The fraction of sp³-hybridized carbons (Fsp3) is 0.654. The molecule has 7 nitrogen and oxygen atoms in total. The summed E-state index contributed by atoms with van der Waals surface area (Å²) < 4.78 is 13.4. The Morgan fingerprint density at radius 1 is 1.00 bits per heavy atom. The Balaban J connectivity index is 1.40. The van der Waals surface area contributed by atoms with Gasteiger partial charge in [-0.3, -0.25) is 4.79 Å². The van der Waals surface area contributed by atoms with Crippen LogP contribution in [0.4, 0.5) is 0 Å². The molecule has 34 heavy (non-hydrogen) atoms. The minimum Gasteiger partial charge on any atom is -0.493 e. The van der Waals surface area contributed by atoms with Gasteiger partial charge in [-0.05, 0) is 44.7 Å². The van der Waals surface area contributed by atoms with Gasteiger partial charge in [0.1, 0.15) is 6.61 Å². The summed E-state index contributed by atoms with van der Waals surface area (Å²) in [6, 6.07) is 8.41. The number of amides is 1. The smallest absolute Gasteiger partial charge is 0.233 e. The van der Waals surface area contributed by atoms with Gasteiger partial charge in [0.05, 0.1) is 12.9 Å². The molecule has 4 rings (SSSR count). The lowest BCUT2D eigenvalue weighted by atomic mass is 9.88. The van der Waals surface area contributed by atoms with E-state index >= 15 is 0 Å². The van der Waals surface area contributed by atoms with Crippen LogP contribution in [-0.4, -0.2) is 50.5 Å². The van der Waals surface area contributed by atoms with Crippen LogP contribution in [0.1, 0.15) is 77.0 Å². The largest absolute Gasteiger partial charge is 0.493 e. The molecule has 2 aliphatic rings. The molecule has 0 saturated heterocycles. The molecule has 2 aliphatic carbocycles. The molecule has 1 heterocycles. The van der Waals surface area contributed by atoms with Crippen molar-refractivity contribution in [3.05, 3.63) is 30.1 Å². The molecule has 1 aromatic heterocycles. The van der Waals surface area contributed by atoms with Gasteiger partial charge in [-0.2, -0.15) is 0 Å². The predicted molar refractivity (Wildman–Crippen MR) is 134 cm³/mol. The van der Waals surface area contributed by atoms with Crippen molar-refractivity contribution in [2.24, 2.45) is 0 Å². The van der Waals surface area contributed by atoms with Gasteiger partial charge >= 0.3 is 0 Å². The standard InChI is InChI=1S/C26H38N4O3S/c1-3-29-24(18-33-23-17-11-10-16-22(23)32-2)27-28-26(29)34-19-25(31)30(20-12-6-4-7-13-20)21-14-8-5-9-15-21/h10-11,16-17,20-21H,3-9,12-15,18-19H2,1-2H3. The fourth-order valence-electron chi connectivity index (χ4n) is 5.36. The zero-order chi connectivity index (χ0) is 23.8. The molecule has 2 saturated carbocycles. The molecule has 1 aromatic carbocycles. The lowest BCUT2D eigenvalue weighted by molar-refractivity contribution is -0.135. The second-order valence-electron chi connectivity index (χ2n) is 9.26. The van der Waals surface area contributed by atoms with E-state index in [-0.39, 0.29) is 5.91 Å². The van der Waals surface area contributed by atoms with Gasteiger partial charge < -0.3 is 18.9 Å². The van der Waals surface area contributed by atoms with Crippen molar-refractivity contribution < 1.29 is 14.3 Å². The van der Waals surface area contributed by atoms with E-state index in [0.29, 0.717) is 35.9 Å². The number of para-hydroxylation sites is 2. The van der Waals surface area contributed by atoms with Crippen molar-refractivity contribution in [1.29, 1.82) is 0 Å². The van der Waals surface area contributed by atoms with E-state index in [9.17, 15) is 4.79 Å². The zero-order valence-corrected chi connectivity index (χ0v) is 21.4. The van der Waals surface area contributed by atoms with Crippen LogP contribution in [0, 0.1) is 0 Å². The number of hydrogen-bond acceptors (Lipinski definition) is 6. The Labute approximate surface area is 207 Å². The van der Waals surface area contributed by atoms with Gasteiger partial charge in [-0.1, -0.05) is 62.4 Å². The maximum Gasteiger partial charge on any atom is 0.233 e. The summed E-state index contributed by atoms with van der Waals surface area (Å²) in [5, 5.41) is 9.53. The molecule has 0 radical (unpaired) electrons. The van der Waals surface area contributed by atoms with Crippen LogP contribution in [0.25, 0.3) is 0 Å². The van der Waals surface area contributed by atoms with Crippen LogP contribution in [-0.2, 0) is 17.9 Å². The molecule has 8 heteroatoms. The van der Waals surface area contributed by atoms with E-state index in [0.717, 1.165) is 43.2 Å². The first-order valence-corrected chi connectivity index (χ1v) is 13.8. The molecule has 0 N–H and O–H groups in total. The third kappa shape index (κ3) is 6.06. The van der Waals surface area contributed by atoms with Crippen molar-refractivity contribution in [2.75, 3.05) is 12.9 Å². The van der Waals surface area contributed by atoms with Crippen LogP contribution >= 0.6 is 11.8 Å². The molecule has 0 aliphatic heterocycles. The number of methoxy groups -OCH3 is 1. The monoisotopic (exact) mass is 486 g/mol. The molecule has 2 fully saturated rings. The molecule has 0 bridgehead atoms. The van der Waals surface area contributed by atoms with Crippen molar-refractivity contribution in [2.45, 2.75) is 102 Å². The van der Waals surface area contributed by atoms with Crippen LogP contribution in [0.2, 0.25) is 0 Å². The number of benzene rings is 1. The van der Waals surface area contributed by atoms with Gasteiger partial charge in [0, 0.05) is 18.6 Å². The summed E-state index contributed by atoms with van der Waals surface area (Å²) in [5.41, 5.74) is 0.